The second-order valence-corrected chi connectivity index (χ2v) is 11.9. The predicted molar refractivity (Wildman–Crippen MR) is 133 cm³/mol. The average Bonchev–Trinajstić information content (AvgIpc) is 3.14. The molecule has 3 rings (SSSR count). The maximum atomic E-state index is 13.0. The van der Waals surface area contributed by atoms with Gasteiger partial charge in [-0.25, -0.2) is 0 Å². The summed E-state index contributed by atoms with van der Waals surface area (Å²) in [5.41, 5.74) is 10.1. The normalized spacial score (nSPS) is 15.4. The molecule has 0 heterocycles. The van der Waals surface area contributed by atoms with E-state index in [4.69, 9.17) is 4.74 Å². The van der Waals surface area contributed by atoms with Gasteiger partial charge in [-0.15, -0.1) is 4.72 Å². The van der Waals surface area contributed by atoms with Crippen LogP contribution in [0.3, 0.4) is 0 Å². The lowest BCUT2D eigenvalue weighted by molar-refractivity contribution is -0.143. The second kappa shape index (κ2) is 9.98. The van der Waals surface area contributed by atoms with Crippen LogP contribution in [0.1, 0.15) is 80.0 Å². The van der Waals surface area contributed by atoms with Gasteiger partial charge in [-0.1, -0.05) is 23.8 Å². The minimum Gasteiger partial charge on any atom is -0.598 e. The molecule has 174 valence electrons. The lowest BCUT2D eigenvalue weighted by Gasteiger charge is -2.28. The van der Waals surface area contributed by atoms with E-state index >= 15 is 0 Å². The van der Waals surface area contributed by atoms with Gasteiger partial charge in [0.05, 0.1) is 19.1 Å². The van der Waals surface area contributed by atoms with Crippen LogP contribution in [0.25, 0.3) is 11.1 Å². The summed E-state index contributed by atoms with van der Waals surface area (Å²) in [7, 11) is 0. The molecular formula is C27H37NO3S. The van der Waals surface area contributed by atoms with E-state index in [0.29, 0.717) is 6.61 Å². The van der Waals surface area contributed by atoms with Crippen LogP contribution in [0.4, 0.5) is 0 Å². The molecule has 0 aromatic heterocycles. The van der Waals surface area contributed by atoms with Crippen molar-refractivity contribution in [3.63, 3.8) is 0 Å². The molecule has 1 N–H and O–H groups in total. The molecule has 0 spiro atoms. The van der Waals surface area contributed by atoms with Crippen LogP contribution in [-0.4, -0.2) is 21.9 Å². The first-order valence-corrected chi connectivity index (χ1v) is 12.7. The van der Waals surface area contributed by atoms with Crippen LogP contribution in [0.15, 0.2) is 24.3 Å². The standard InChI is InChI=1S/C27H37NO3S/c1-8-31-25(29)16-24(28-32(30)27(5,6)7)21-14-20-10-9-11-22(20)23(15-21)26-18(3)12-17(2)13-19(26)4/h12-15,24,28H,8-11,16H2,1-7H3/t24?,32-/m1/s1. The molecule has 0 fully saturated rings. The van der Waals surface area contributed by atoms with Gasteiger partial charge in [-0.05, 0) is 113 Å². The molecule has 5 heteroatoms. The molecule has 2 atom stereocenters. The molecule has 1 unspecified atom stereocenters. The van der Waals surface area contributed by atoms with Gasteiger partial charge in [0.25, 0.3) is 0 Å². The molecule has 1 aliphatic carbocycles. The topological polar surface area (TPSA) is 61.4 Å². The summed E-state index contributed by atoms with van der Waals surface area (Å²) in [5, 5.41) is 0. The maximum absolute atomic E-state index is 13.0. The summed E-state index contributed by atoms with van der Waals surface area (Å²) >= 11 is -1.31. The number of fused-ring (bicyclic) bond motifs is 1. The van der Waals surface area contributed by atoms with Crippen molar-refractivity contribution in [2.45, 2.75) is 84.9 Å². The van der Waals surface area contributed by atoms with Crippen LogP contribution in [-0.2, 0) is 33.7 Å². The Balaban J connectivity index is 2.11. The molecule has 0 radical (unpaired) electrons. The quantitative estimate of drug-likeness (QED) is 0.422. The highest BCUT2D eigenvalue weighted by Crippen LogP contribution is 2.39. The molecular weight excluding hydrogens is 418 g/mol. The minimum absolute atomic E-state index is 0.153. The third-order valence-electron chi connectivity index (χ3n) is 6.07. The molecule has 0 amide bonds. The number of carbonyl (C=O) groups excluding carboxylic acids is 1. The van der Waals surface area contributed by atoms with Gasteiger partial charge in [0.1, 0.15) is 4.75 Å². The van der Waals surface area contributed by atoms with E-state index in [1.807, 2.05) is 27.7 Å². The first-order chi connectivity index (χ1) is 15.0. The summed E-state index contributed by atoms with van der Waals surface area (Å²) in [6, 6.07) is 8.52. The second-order valence-electron chi connectivity index (χ2n) is 9.89. The fraction of sp³-hybridized carbons (Fsp3) is 0.519. The number of ether oxygens (including phenoxy) is 1. The van der Waals surface area contributed by atoms with Gasteiger partial charge in [-0.2, -0.15) is 0 Å². The van der Waals surface area contributed by atoms with Crippen molar-refractivity contribution in [3.05, 3.63) is 57.6 Å². The van der Waals surface area contributed by atoms with Gasteiger partial charge >= 0.3 is 5.97 Å². The van der Waals surface area contributed by atoms with Crippen molar-refractivity contribution in [2.75, 3.05) is 6.61 Å². The van der Waals surface area contributed by atoms with Gasteiger partial charge < -0.3 is 9.29 Å². The average molecular weight is 456 g/mol. The molecule has 0 saturated heterocycles. The molecule has 0 aliphatic heterocycles. The SMILES string of the molecule is CCOC(=O)CC(N[S@+]([O-])C(C)(C)C)c1cc2c(c(-c3c(C)cc(C)cc3C)c1)CCC2. The Hall–Kier alpha value is -1.82. The molecule has 0 bridgehead atoms. The zero-order valence-electron chi connectivity index (χ0n) is 20.6. The Bertz CT molecular complexity index is 970. The Kier molecular flexibility index (Phi) is 7.74. The Morgan fingerprint density at radius 3 is 2.38 bits per heavy atom. The van der Waals surface area contributed by atoms with E-state index < -0.39 is 16.1 Å². The summed E-state index contributed by atoms with van der Waals surface area (Å²) in [5.74, 6) is -0.277. The fourth-order valence-electron chi connectivity index (χ4n) is 4.68. The lowest BCUT2D eigenvalue weighted by Crippen LogP contribution is -2.42. The zero-order valence-corrected chi connectivity index (χ0v) is 21.4. The van der Waals surface area contributed by atoms with Crippen molar-refractivity contribution in [2.24, 2.45) is 0 Å². The van der Waals surface area contributed by atoms with Gasteiger partial charge in [0, 0.05) is 11.4 Å². The van der Waals surface area contributed by atoms with Crippen LogP contribution in [0.5, 0.6) is 0 Å². The Morgan fingerprint density at radius 1 is 1.12 bits per heavy atom. The fourth-order valence-corrected chi connectivity index (χ4v) is 5.51. The van der Waals surface area contributed by atoms with Crippen molar-refractivity contribution < 1.29 is 14.1 Å². The summed E-state index contributed by atoms with van der Waals surface area (Å²) in [4.78, 5) is 12.4. The van der Waals surface area contributed by atoms with Gasteiger partial charge in [0.2, 0.25) is 0 Å². The number of hydrogen-bond donors (Lipinski definition) is 1. The third kappa shape index (κ3) is 5.56. The van der Waals surface area contributed by atoms with Crippen molar-refractivity contribution in [1.29, 1.82) is 0 Å². The van der Waals surface area contributed by atoms with E-state index in [0.717, 1.165) is 24.8 Å². The number of rotatable bonds is 7. The molecule has 32 heavy (non-hydrogen) atoms. The summed E-state index contributed by atoms with van der Waals surface area (Å²) in [6.07, 6.45) is 3.40. The minimum atomic E-state index is -1.31. The number of benzene rings is 2. The predicted octanol–water partition coefficient (Wildman–Crippen LogP) is 5.81. The highest BCUT2D eigenvalue weighted by atomic mass is 32.2. The molecule has 1 aliphatic rings. The van der Waals surface area contributed by atoms with E-state index in [2.05, 4.69) is 49.8 Å². The molecule has 2 aromatic rings. The van der Waals surface area contributed by atoms with Crippen LogP contribution < -0.4 is 4.72 Å². The van der Waals surface area contributed by atoms with E-state index in [1.165, 1.54) is 38.9 Å². The molecule has 4 nitrogen and oxygen atoms in total. The molecule has 0 saturated carbocycles. The highest BCUT2D eigenvalue weighted by Gasteiger charge is 2.32. The number of nitrogens with one attached hydrogen (secondary N) is 1. The smallest absolute Gasteiger partial charge is 0.307 e. The number of esters is 1. The highest BCUT2D eigenvalue weighted by molar-refractivity contribution is 7.90. The van der Waals surface area contributed by atoms with Crippen LogP contribution >= 0.6 is 0 Å². The van der Waals surface area contributed by atoms with E-state index in [-0.39, 0.29) is 18.4 Å². The van der Waals surface area contributed by atoms with Gasteiger partial charge in [-0.3, -0.25) is 4.79 Å². The van der Waals surface area contributed by atoms with Crippen LogP contribution in [0.2, 0.25) is 0 Å². The van der Waals surface area contributed by atoms with Crippen LogP contribution in [0, 0.1) is 20.8 Å². The number of aryl methyl sites for hydroxylation is 4. The number of hydrogen-bond acceptors (Lipinski definition) is 4. The van der Waals surface area contributed by atoms with E-state index in [9.17, 15) is 9.35 Å². The largest absolute Gasteiger partial charge is 0.598 e. The van der Waals surface area contributed by atoms with E-state index in [1.54, 1.807) is 0 Å². The summed E-state index contributed by atoms with van der Waals surface area (Å²) in [6.45, 7) is 14.4. The Labute approximate surface area is 196 Å². The Morgan fingerprint density at radius 2 is 1.78 bits per heavy atom. The lowest BCUT2D eigenvalue weighted by atomic mass is 9.87. The van der Waals surface area contributed by atoms with Crippen molar-refractivity contribution in [1.82, 2.24) is 4.72 Å². The first-order valence-electron chi connectivity index (χ1n) is 11.6. The monoisotopic (exact) mass is 455 g/mol. The number of carbonyl (C=O) groups is 1. The maximum Gasteiger partial charge on any atom is 0.307 e. The van der Waals surface area contributed by atoms with Crippen molar-refractivity contribution in [3.8, 4) is 11.1 Å². The van der Waals surface area contributed by atoms with Gasteiger partial charge in [0.15, 0.2) is 0 Å². The third-order valence-corrected chi connectivity index (χ3v) is 7.68. The molecule has 2 aromatic carbocycles. The van der Waals surface area contributed by atoms with Crippen molar-refractivity contribution >= 4 is 17.3 Å². The zero-order chi connectivity index (χ0) is 23.6. The first kappa shape index (κ1) is 24.8. The summed E-state index contributed by atoms with van der Waals surface area (Å²) < 4.78 is 21.0.